The molecule has 2 heterocycles. The molecule has 1 aliphatic heterocycles. The summed E-state index contributed by atoms with van der Waals surface area (Å²) in [4.78, 5) is 43.2. The van der Waals surface area contributed by atoms with Crippen LogP contribution in [0.5, 0.6) is 0 Å². The number of nitrogens with one attached hydrogen (secondary N) is 1. The van der Waals surface area contributed by atoms with Crippen LogP contribution in [0.3, 0.4) is 0 Å². The minimum atomic E-state index is -0.343. The molecule has 0 unspecified atom stereocenters. The molecule has 3 aromatic rings. The first-order chi connectivity index (χ1) is 14.6. The Bertz CT molecular complexity index is 1080. The summed E-state index contributed by atoms with van der Waals surface area (Å²) in [5.41, 5.74) is 3.03. The molecule has 0 saturated carbocycles. The summed E-state index contributed by atoms with van der Waals surface area (Å²) in [5.74, 6) is -0.945. The van der Waals surface area contributed by atoms with E-state index in [0.717, 1.165) is 12.0 Å². The molecule has 0 aliphatic carbocycles. The number of rotatable bonds is 7. The normalized spacial score (nSPS) is 12.7. The van der Waals surface area contributed by atoms with Gasteiger partial charge in [-0.05, 0) is 48.2 Å². The van der Waals surface area contributed by atoms with E-state index in [1.807, 2.05) is 36.4 Å². The van der Waals surface area contributed by atoms with Gasteiger partial charge in [0, 0.05) is 31.0 Å². The molecule has 150 valence electrons. The summed E-state index contributed by atoms with van der Waals surface area (Å²) in [6.45, 7) is 0.687. The zero-order valence-corrected chi connectivity index (χ0v) is 16.4. The summed E-state index contributed by atoms with van der Waals surface area (Å²) in [6, 6.07) is 18.3. The SMILES string of the molecule is O=C(NCc1cccnc1)c1ccc2c(c1)C(=O)N(CCCc1ccccc1)C2=O. The predicted molar refractivity (Wildman–Crippen MR) is 112 cm³/mol. The fourth-order valence-electron chi connectivity index (χ4n) is 3.51. The molecule has 0 fully saturated rings. The Morgan fingerprint density at radius 1 is 0.900 bits per heavy atom. The fourth-order valence-corrected chi connectivity index (χ4v) is 3.51. The standard InChI is InChI=1S/C24H21N3O3/c28-22(26-16-18-8-4-12-25-15-18)19-10-11-20-21(14-19)24(30)27(23(20)29)13-5-9-17-6-2-1-3-7-17/h1-4,6-8,10-12,14-15H,5,9,13,16H2,(H,26,28). The van der Waals surface area contributed by atoms with Gasteiger partial charge in [0.1, 0.15) is 0 Å². The van der Waals surface area contributed by atoms with Crippen molar-refractivity contribution in [1.29, 1.82) is 0 Å². The highest BCUT2D eigenvalue weighted by Crippen LogP contribution is 2.24. The number of carbonyl (C=O) groups excluding carboxylic acids is 3. The van der Waals surface area contributed by atoms with Crippen LogP contribution < -0.4 is 5.32 Å². The highest BCUT2D eigenvalue weighted by atomic mass is 16.2. The van der Waals surface area contributed by atoms with E-state index < -0.39 is 0 Å². The maximum atomic E-state index is 12.8. The van der Waals surface area contributed by atoms with Crippen molar-refractivity contribution < 1.29 is 14.4 Å². The summed E-state index contributed by atoms with van der Waals surface area (Å²) in [5, 5.41) is 2.81. The number of nitrogens with zero attached hydrogens (tertiary/aromatic N) is 2. The van der Waals surface area contributed by atoms with Gasteiger partial charge in [-0.1, -0.05) is 36.4 Å². The number of hydrogen-bond acceptors (Lipinski definition) is 4. The molecule has 0 radical (unpaired) electrons. The van der Waals surface area contributed by atoms with Crippen LogP contribution in [0.4, 0.5) is 0 Å². The Balaban J connectivity index is 1.40. The Morgan fingerprint density at radius 3 is 2.43 bits per heavy atom. The van der Waals surface area contributed by atoms with E-state index >= 15 is 0 Å². The van der Waals surface area contributed by atoms with Crippen LogP contribution in [0.2, 0.25) is 0 Å². The number of fused-ring (bicyclic) bond motifs is 1. The highest BCUT2D eigenvalue weighted by molar-refractivity contribution is 6.22. The lowest BCUT2D eigenvalue weighted by atomic mass is 10.1. The van der Waals surface area contributed by atoms with Crippen LogP contribution in [0.25, 0.3) is 0 Å². The average molecular weight is 399 g/mol. The Kier molecular flexibility index (Phi) is 5.66. The van der Waals surface area contributed by atoms with Crippen LogP contribution in [0, 0.1) is 0 Å². The van der Waals surface area contributed by atoms with Crippen molar-refractivity contribution in [2.45, 2.75) is 19.4 Å². The Hall–Kier alpha value is -3.80. The second-order valence-electron chi connectivity index (χ2n) is 7.16. The molecule has 0 saturated heterocycles. The van der Waals surface area contributed by atoms with Crippen LogP contribution in [0.1, 0.15) is 48.6 Å². The van der Waals surface area contributed by atoms with E-state index in [1.54, 1.807) is 30.6 Å². The van der Waals surface area contributed by atoms with Gasteiger partial charge in [-0.2, -0.15) is 0 Å². The summed E-state index contributed by atoms with van der Waals surface area (Å²) in [7, 11) is 0. The Morgan fingerprint density at radius 2 is 1.67 bits per heavy atom. The van der Waals surface area contributed by atoms with Gasteiger partial charge in [-0.15, -0.1) is 0 Å². The molecule has 6 heteroatoms. The maximum Gasteiger partial charge on any atom is 0.261 e. The first kappa shape index (κ1) is 19.5. The highest BCUT2D eigenvalue weighted by Gasteiger charge is 2.35. The molecule has 0 spiro atoms. The molecule has 3 amide bonds. The second kappa shape index (κ2) is 8.69. The van der Waals surface area contributed by atoms with Gasteiger partial charge in [0.15, 0.2) is 0 Å². The summed E-state index contributed by atoms with van der Waals surface area (Å²) >= 11 is 0. The van der Waals surface area contributed by atoms with Crippen LogP contribution >= 0.6 is 0 Å². The molecule has 30 heavy (non-hydrogen) atoms. The molecule has 1 N–H and O–H groups in total. The lowest BCUT2D eigenvalue weighted by Crippen LogP contribution is -2.31. The lowest BCUT2D eigenvalue weighted by Gasteiger charge is -2.13. The van der Waals surface area contributed by atoms with Gasteiger partial charge in [0.05, 0.1) is 11.1 Å². The molecular weight excluding hydrogens is 378 g/mol. The summed E-state index contributed by atoms with van der Waals surface area (Å²) in [6.07, 6.45) is 4.82. The van der Waals surface area contributed by atoms with Crippen molar-refractivity contribution in [3.8, 4) is 0 Å². The number of hydrogen-bond donors (Lipinski definition) is 1. The third kappa shape index (κ3) is 4.12. The minimum Gasteiger partial charge on any atom is -0.348 e. The molecular formula is C24H21N3O3. The van der Waals surface area contributed by atoms with Gasteiger partial charge in [-0.3, -0.25) is 24.3 Å². The number of imide groups is 1. The molecule has 1 aliphatic rings. The minimum absolute atomic E-state index is 0.286. The van der Waals surface area contributed by atoms with Crippen molar-refractivity contribution in [1.82, 2.24) is 15.2 Å². The molecule has 0 bridgehead atoms. The van der Waals surface area contributed by atoms with Crippen LogP contribution in [-0.4, -0.2) is 34.2 Å². The molecule has 0 atom stereocenters. The summed E-state index contributed by atoms with van der Waals surface area (Å²) < 4.78 is 0. The van der Waals surface area contributed by atoms with Gasteiger partial charge in [0.25, 0.3) is 17.7 Å². The van der Waals surface area contributed by atoms with Gasteiger partial charge in [-0.25, -0.2) is 0 Å². The van der Waals surface area contributed by atoms with Gasteiger partial charge >= 0.3 is 0 Å². The van der Waals surface area contributed by atoms with Gasteiger partial charge in [0.2, 0.25) is 0 Å². The van der Waals surface area contributed by atoms with E-state index in [9.17, 15) is 14.4 Å². The topological polar surface area (TPSA) is 79.4 Å². The van der Waals surface area contributed by atoms with E-state index in [-0.39, 0.29) is 23.3 Å². The first-order valence-corrected chi connectivity index (χ1v) is 9.85. The monoisotopic (exact) mass is 399 g/mol. The van der Waals surface area contributed by atoms with Crippen molar-refractivity contribution in [2.75, 3.05) is 6.54 Å². The van der Waals surface area contributed by atoms with Crippen molar-refractivity contribution in [3.63, 3.8) is 0 Å². The number of pyridine rings is 1. The Labute approximate surface area is 174 Å². The molecule has 4 rings (SSSR count). The van der Waals surface area contributed by atoms with Crippen molar-refractivity contribution in [2.24, 2.45) is 0 Å². The number of benzene rings is 2. The van der Waals surface area contributed by atoms with Crippen LogP contribution in [-0.2, 0) is 13.0 Å². The third-order valence-electron chi connectivity index (χ3n) is 5.10. The van der Waals surface area contributed by atoms with E-state index in [0.29, 0.717) is 30.6 Å². The third-order valence-corrected chi connectivity index (χ3v) is 5.10. The van der Waals surface area contributed by atoms with E-state index in [4.69, 9.17) is 0 Å². The molecule has 6 nitrogen and oxygen atoms in total. The number of aryl methyl sites for hydroxylation is 1. The zero-order chi connectivity index (χ0) is 20.9. The van der Waals surface area contributed by atoms with Crippen molar-refractivity contribution in [3.05, 3.63) is 101 Å². The maximum absolute atomic E-state index is 12.8. The van der Waals surface area contributed by atoms with E-state index in [1.165, 1.54) is 16.5 Å². The zero-order valence-electron chi connectivity index (χ0n) is 16.4. The average Bonchev–Trinajstić information content (AvgIpc) is 3.03. The quantitative estimate of drug-likeness (QED) is 0.619. The molecule has 2 aromatic carbocycles. The molecule has 1 aromatic heterocycles. The smallest absolute Gasteiger partial charge is 0.261 e. The van der Waals surface area contributed by atoms with E-state index in [2.05, 4.69) is 10.3 Å². The van der Waals surface area contributed by atoms with Crippen molar-refractivity contribution >= 4 is 17.7 Å². The largest absolute Gasteiger partial charge is 0.348 e. The second-order valence-corrected chi connectivity index (χ2v) is 7.16. The van der Waals surface area contributed by atoms with Crippen LogP contribution in [0.15, 0.2) is 73.1 Å². The first-order valence-electron chi connectivity index (χ1n) is 9.85. The number of amides is 3. The fraction of sp³-hybridized carbons (Fsp3) is 0.167. The predicted octanol–water partition coefficient (Wildman–Crippen LogP) is 3.24. The van der Waals surface area contributed by atoms with Gasteiger partial charge < -0.3 is 5.32 Å². The lowest BCUT2D eigenvalue weighted by molar-refractivity contribution is 0.0652. The number of carbonyl (C=O) groups is 3. The number of aromatic nitrogens is 1.